The molecule has 0 bridgehead atoms. The predicted octanol–water partition coefficient (Wildman–Crippen LogP) is 4.10. The number of benzene rings is 2. The number of hydrogen-bond acceptors (Lipinski definition) is 4. The lowest BCUT2D eigenvalue weighted by molar-refractivity contribution is -0.136. The van der Waals surface area contributed by atoms with Gasteiger partial charge in [0.1, 0.15) is 0 Å². The largest absolute Gasteiger partial charge is 0.481 e. The maximum absolute atomic E-state index is 10.6. The van der Waals surface area contributed by atoms with Crippen molar-refractivity contribution in [3.63, 3.8) is 0 Å². The Morgan fingerprint density at radius 3 is 2.22 bits per heavy atom. The zero-order valence-electron chi connectivity index (χ0n) is 12.3. The number of thioether (sulfide) groups is 2. The molecule has 0 amide bonds. The second-order valence-electron chi connectivity index (χ2n) is 4.73. The van der Waals surface area contributed by atoms with Gasteiger partial charge >= 0.3 is 11.9 Å². The van der Waals surface area contributed by atoms with E-state index < -0.39 is 11.9 Å². The van der Waals surface area contributed by atoms with Crippen LogP contribution in [0.15, 0.2) is 58.3 Å². The van der Waals surface area contributed by atoms with Crippen molar-refractivity contribution in [1.82, 2.24) is 0 Å². The summed E-state index contributed by atoms with van der Waals surface area (Å²) < 4.78 is 0. The van der Waals surface area contributed by atoms with Crippen LogP contribution in [0, 0.1) is 0 Å². The average Bonchev–Trinajstić information content (AvgIpc) is 2.53. The molecule has 0 radical (unpaired) electrons. The van der Waals surface area contributed by atoms with Crippen molar-refractivity contribution in [2.24, 2.45) is 0 Å². The van der Waals surface area contributed by atoms with Gasteiger partial charge in [0.2, 0.25) is 0 Å². The number of aliphatic carboxylic acids is 2. The van der Waals surface area contributed by atoms with Gasteiger partial charge in [0.25, 0.3) is 0 Å². The third-order valence-corrected chi connectivity index (χ3v) is 4.96. The summed E-state index contributed by atoms with van der Waals surface area (Å²) in [5.41, 5.74) is 2.08. The highest BCUT2D eigenvalue weighted by Gasteiger charge is 2.04. The van der Waals surface area contributed by atoms with E-state index in [-0.39, 0.29) is 12.2 Å². The van der Waals surface area contributed by atoms with Crippen molar-refractivity contribution >= 4 is 35.5 Å². The van der Waals surface area contributed by atoms with E-state index in [1.807, 2.05) is 48.5 Å². The topological polar surface area (TPSA) is 74.6 Å². The van der Waals surface area contributed by atoms with Gasteiger partial charge in [-0.25, -0.2) is 0 Å². The third kappa shape index (κ3) is 6.00. The summed E-state index contributed by atoms with van der Waals surface area (Å²) in [7, 11) is 0. The zero-order valence-corrected chi connectivity index (χ0v) is 13.9. The minimum absolute atomic E-state index is 0.0443. The Bertz CT molecular complexity index is 683. The van der Waals surface area contributed by atoms with Crippen LogP contribution >= 0.6 is 23.5 Å². The number of carboxylic acids is 2. The van der Waals surface area contributed by atoms with Crippen molar-refractivity contribution in [2.45, 2.75) is 16.2 Å². The van der Waals surface area contributed by atoms with Gasteiger partial charge in [0.05, 0.1) is 12.2 Å². The van der Waals surface area contributed by atoms with E-state index in [2.05, 4.69) is 0 Å². The molecule has 2 N–H and O–H groups in total. The zero-order chi connectivity index (χ0) is 16.7. The monoisotopic (exact) mass is 348 g/mol. The fourth-order valence-electron chi connectivity index (χ4n) is 1.91. The molecule has 0 aliphatic rings. The number of hydrogen-bond donors (Lipinski definition) is 2. The molecule has 2 aromatic carbocycles. The molecule has 0 spiro atoms. The quantitative estimate of drug-likeness (QED) is 0.700. The first kappa shape index (κ1) is 17.4. The molecule has 120 valence electrons. The molecule has 0 fully saturated rings. The smallest absolute Gasteiger partial charge is 0.313 e. The Morgan fingerprint density at radius 2 is 1.57 bits per heavy atom. The molecule has 0 heterocycles. The van der Waals surface area contributed by atoms with Crippen molar-refractivity contribution in [3.8, 4) is 11.1 Å². The molecule has 2 aromatic rings. The predicted molar refractivity (Wildman–Crippen MR) is 93.2 cm³/mol. The van der Waals surface area contributed by atoms with Gasteiger partial charge in [0.15, 0.2) is 0 Å². The molecule has 2 rings (SSSR count). The summed E-state index contributed by atoms with van der Waals surface area (Å²) in [5, 5.41) is 17.4. The SMILES string of the molecule is O=C(O)CCSc1ccc(-c2cccc(SCC(=O)O)c2)cc1. The van der Waals surface area contributed by atoms with Gasteiger partial charge in [-0.3, -0.25) is 9.59 Å². The van der Waals surface area contributed by atoms with E-state index in [4.69, 9.17) is 10.2 Å². The first-order valence-electron chi connectivity index (χ1n) is 6.94. The molecule has 23 heavy (non-hydrogen) atoms. The van der Waals surface area contributed by atoms with Gasteiger partial charge in [-0.1, -0.05) is 24.3 Å². The molecular weight excluding hydrogens is 332 g/mol. The van der Waals surface area contributed by atoms with Gasteiger partial charge in [-0.05, 0) is 35.4 Å². The standard InChI is InChI=1S/C17H16O4S2/c18-16(19)8-9-22-14-6-4-12(5-7-14)13-2-1-3-15(10-13)23-11-17(20)21/h1-7,10H,8-9,11H2,(H,18,19)(H,20,21). The second-order valence-corrected chi connectivity index (χ2v) is 6.94. The van der Waals surface area contributed by atoms with Crippen molar-refractivity contribution in [1.29, 1.82) is 0 Å². The highest BCUT2D eigenvalue weighted by Crippen LogP contribution is 2.28. The Hall–Kier alpha value is -1.92. The molecule has 0 saturated heterocycles. The molecule has 6 heteroatoms. The Labute approximate surface area is 142 Å². The van der Waals surface area contributed by atoms with E-state index in [0.29, 0.717) is 5.75 Å². The molecule has 0 unspecified atom stereocenters. The van der Waals surface area contributed by atoms with E-state index in [1.54, 1.807) is 0 Å². The van der Waals surface area contributed by atoms with Crippen LogP contribution < -0.4 is 0 Å². The van der Waals surface area contributed by atoms with Crippen molar-refractivity contribution in [3.05, 3.63) is 48.5 Å². The van der Waals surface area contributed by atoms with Crippen LogP contribution in [0.25, 0.3) is 11.1 Å². The van der Waals surface area contributed by atoms with Crippen LogP contribution in [0.4, 0.5) is 0 Å². The molecule has 4 nitrogen and oxygen atoms in total. The van der Waals surface area contributed by atoms with Crippen LogP contribution in [0.1, 0.15) is 6.42 Å². The minimum Gasteiger partial charge on any atom is -0.481 e. The number of carboxylic acid groups (broad SMARTS) is 2. The first-order chi connectivity index (χ1) is 11.0. The Balaban J connectivity index is 2.02. The van der Waals surface area contributed by atoms with E-state index in [0.717, 1.165) is 20.9 Å². The summed E-state index contributed by atoms with van der Waals surface area (Å²) in [6.45, 7) is 0. The van der Waals surface area contributed by atoms with Gasteiger partial charge in [-0.15, -0.1) is 23.5 Å². The van der Waals surface area contributed by atoms with Crippen LogP contribution in [0.2, 0.25) is 0 Å². The van der Waals surface area contributed by atoms with E-state index in [9.17, 15) is 9.59 Å². The maximum Gasteiger partial charge on any atom is 0.313 e. The minimum atomic E-state index is -0.830. The second kappa shape index (κ2) is 8.64. The summed E-state index contributed by atoms with van der Waals surface area (Å²) in [6.07, 6.45) is 0.148. The normalized spacial score (nSPS) is 10.4. The highest BCUT2D eigenvalue weighted by atomic mass is 32.2. The lowest BCUT2D eigenvalue weighted by atomic mass is 10.1. The van der Waals surface area contributed by atoms with Gasteiger partial charge in [-0.2, -0.15) is 0 Å². The fourth-order valence-corrected chi connectivity index (χ4v) is 3.43. The summed E-state index contributed by atoms with van der Waals surface area (Å²) in [5.74, 6) is -1.02. The Morgan fingerprint density at radius 1 is 0.826 bits per heavy atom. The highest BCUT2D eigenvalue weighted by molar-refractivity contribution is 8.00. The van der Waals surface area contributed by atoms with Crippen LogP contribution in [-0.2, 0) is 9.59 Å². The molecule has 0 saturated carbocycles. The molecular formula is C17H16O4S2. The summed E-state index contributed by atoms with van der Waals surface area (Å²) >= 11 is 2.81. The van der Waals surface area contributed by atoms with Crippen LogP contribution in [0.5, 0.6) is 0 Å². The van der Waals surface area contributed by atoms with E-state index in [1.165, 1.54) is 23.5 Å². The van der Waals surface area contributed by atoms with Crippen LogP contribution in [-0.4, -0.2) is 33.7 Å². The lowest BCUT2D eigenvalue weighted by Gasteiger charge is -2.06. The molecule has 0 aliphatic heterocycles. The Kier molecular flexibility index (Phi) is 6.55. The van der Waals surface area contributed by atoms with Crippen LogP contribution in [0.3, 0.4) is 0 Å². The third-order valence-electron chi connectivity index (χ3n) is 2.97. The molecule has 0 aromatic heterocycles. The molecule has 0 atom stereocenters. The van der Waals surface area contributed by atoms with Gasteiger partial charge < -0.3 is 10.2 Å². The van der Waals surface area contributed by atoms with Gasteiger partial charge in [0, 0.05) is 15.5 Å². The first-order valence-corrected chi connectivity index (χ1v) is 8.91. The van der Waals surface area contributed by atoms with Crippen molar-refractivity contribution in [2.75, 3.05) is 11.5 Å². The fraction of sp³-hybridized carbons (Fsp3) is 0.176. The summed E-state index contributed by atoms with van der Waals surface area (Å²) in [4.78, 5) is 23.1. The van der Waals surface area contributed by atoms with E-state index >= 15 is 0 Å². The number of carbonyl (C=O) groups is 2. The van der Waals surface area contributed by atoms with Crippen molar-refractivity contribution < 1.29 is 19.8 Å². The number of rotatable bonds is 8. The maximum atomic E-state index is 10.6. The lowest BCUT2D eigenvalue weighted by Crippen LogP contribution is -1.97. The average molecular weight is 348 g/mol. The molecule has 0 aliphatic carbocycles. The summed E-state index contributed by atoms with van der Waals surface area (Å²) in [6, 6.07) is 15.7.